The van der Waals surface area contributed by atoms with Crippen LogP contribution in [-0.2, 0) is 23.9 Å². The molecule has 0 radical (unpaired) electrons. The Morgan fingerprint density at radius 2 is 0.619 bits per heavy atom. The molecule has 6 heteroatoms. The van der Waals surface area contributed by atoms with Crippen molar-refractivity contribution in [3.05, 3.63) is 0 Å². The predicted molar refractivity (Wildman–Crippen MR) is 272 cm³/mol. The van der Waals surface area contributed by atoms with E-state index in [0.29, 0.717) is 31.5 Å². The Morgan fingerprint density at radius 3 is 0.952 bits per heavy atom. The van der Waals surface area contributed by atoms with E-state index < -0.39 is 6.04 Å². The van der Waals surface area contributed by atoms with Crippen LogP contribution in [0.25, 0.3) is 0 Å². The second kappa shape index (κ2) is 49.8. The standard InChI is InChI=1S/C57H111NO5/c1-6-11-16-21-26-29-32-37-42-47-55(59)58-54(57(61)63-51-53(45-39-34-25-20-15-10-5)46-41-36-31-28-23-18-13-8-3)48-49-56(60)62-50-52(43-38-33-24-19-14-9-4)44-40-35-30-27-22-17-12-7-2/h52-54H,6-51H2,1-5H3,(H,58,59)/t52-,53+,54+/m1/s1. The molecular formula is C57H111NO5. The summed E-state index contributed by atoms with van der Waals surface area (Å²) >= 11 is 0. The Balaban J connectivity index is 5.41. The van der Waals surface area contributed by atoms with Gasteiger partial charge in [0.15, 0.2) is 0 Å². The first-order valence-electron chi connectivity index (χ1n) is 28.5. The van der Waals surface area contributed by atoms with Gasteiger partial charge in [0.2, 0.25) is 5.91 Å². The molecule has 63 heavy (non-hydrogen) atoms. The second-order valence-corrected chi connectivity index (χ2v) is 19.9. The highest BCUT2D eigenvalue weighted by atomic mass is 16.5. The SMILES string of the molecule is CCCCCCCCCCCC(=O)N[C@@H](CCC(=O)OC[C@H](CCCCCCCC)CCCCCCCCCC)C(=O)OC[C@@H](CCCCCCCC)CCCCCCCCCC. The third-order valence-corrected chi connectivity index (χ3v) is 13.6. The summed E-state index contributed by atoms with van der Waals surface area (Å²) in [6.07, 6.45) is 51.8. The molecule has 0 rings (SSSR count). The predicted octanol–water partition coefficient (Wildman–Crippen LogP) is 18.1. The molecule has 0 heterocycles. The molecule has 0 fully saturated rings. The van der Waals surface area contributed by atoms with Crippen LogP contribution in [0, 0.1) is 11.8 Å². The molecule has 0 aliphatic rings. The van der Waals surface area contributed by atoms with Crippen molar-refractivity contribution in [2.45, 2.75) is 323 Å². The zero-order chi connectivity index (χ0) is 46.1. The molecule has 1 N–H and O–H groups in total. The normalized spacial score (nSPS) is 12.9. The van der Waals surface area contributed by atoms with E-state index in [1.54, 1.807) is 0 Å². The van der Waals surface area contributed by atoms with E-state index in [1.165, 1.54) is 218 Å². The molecule has 3 atom stereocenters. The van der Waals surface area contributed by atoms with Crippen molar-refractivity contribution in [3.63, 3.8) is 0 Å². The minimum Gasteiger partial charge on any atom is -0.465 e. The van der Waals surface area contributed by atoms with Gasteiger partial charge >= 0.3 is 11.9 Å². The molecule has 6 nitrogen and oxygen atoms in total. The van der Waals surface area contributed by atoms with Crippen molar-refractivity contribution < 1.29 is 23.9 Å². The van der Waals surface area contributed by atoms with Gasteiger partial charge in [0.25, 0.3) is 0 Å². The van der Waals surface area contributed by atoms with Crippen molar-refractivity contribution in [2.75, 3.05) is 13.2 Å². The fourth-order valence-electron chi connectivity index (χ4n) is 9.14. The van der Waals surface area contributed by atoms with E-state index in [0.717, 1.165) is 44.9 Å². The van der Waals surface area contributed by atoms with Crippen LogP contribution in [0.4, 0.5) is 0 Å². The van der Waals surface area contributed by atoms with Gasteiger partial charge in [0, 0.05) is 12.8 Å². The molecule has 374 valence electrons. The average molecular weight is 891 g/mol. The van der Waals surface area contributed by atoms with Crippen LogP contribution in [0.3, 0.4) is 0 Å². The molecule has 0 unspecified atom stereocenters. The smallest absolute Gasteiger partial charge is 0.328 e. The van der Waals surface area contributed by atoms with E-state index in [2.05, 4.69) is 39.9 Å². The van der Waals surface area contributed by atoms with Crippen LogP contribution in [0.15, 0.2) is 0 Å². The Labute approximate surface area is 393 Å². The molecule has 0 saturated carbocycles. The third-order valence-electron chi connectivity index (χ3n) is 13.6. The van der Waals surface area contributed by atoms with Crippen molar-refractivity contribution in [2.24, 2.45) is 11.8 Å². The maximum absolute atomic E-state index is 13.8. The summed E-state index contributed by atoms with van der Waals surface area (Å²) in [5, 5.41) is 3.02. The highest BCUT2D eigenvalue weighted by Gasteiger charge is 2.25. The van der Waals surface area contributed by atoms with Crippen molar-refractivity contribution in [1.29, 1.82) is 0 Å². The number of hydrogen-bond acceptors (Lipinski definition) is 5. The lowest BCUT2D eigenvalue weighted by Gasteiger charge is -2.21. The van der Waals surface area contributed by atoms with Gasteiger partial charge < -0.3 is 14.8 Å². The number of rotatable bonds is 51. The van der Waals surface area contributed by atoms with E-state index >= 15 is 0 Å². The van der Waals surface area contributed by atoms with Gasteiger partial charge in [0.1, 0.15) is 6.04 Å². The summed E-state index contributed by atoms with van der Waals surface area (Å²) < 4.78 is 12.0. The minimum absolute atomic E-state index is 0.110. The van der Waals surface area contributed by atoms with E-state index in [9.17, 15) is 14.4 Å². The monoisotopic (exact) mass is 890 g/mol. The first kappa shape index (κ1) is 61.4. The first-order chi connectivity index (χ1) is 30.9. The van der Waals surface area contributed by atoms with Crippen molar-refractivity contribution in [3.8, 4) is 0 Å². The molecule has 0 aliphatic heterocycles. The highest BCUT2D eigenvalue weighted by molar-refractivity contribution is 5.85. The van der Waals surface area contributed by atoms with Crippen LogP contribution in [0.1, 0.15) is 317 Å². The quantitative estimate of drug-likeness (QED) is 0.0486. The summed E-state index contributed by atoms with van der Waals surface area (Å²) in [4.78, 5) is 40.4. The number of carbonyl (C=O) groups is 3. The summed E-state index contributed by atoms with van der Waals surface area (Å²) in [5.74, 6) is -0.0294. The average Bonchev–Trinajstić information content (AvgIpc) is 3.28. The van der Waals surface area contributed by atoms with Crippen molar-refractivity contribution >= 4 is 17.8 Å². The van der Waals surface area contributed by atoms with Gasteiger partial charge in [-0.25, -0.2) is 4.79 Å². The Hall–Kier alpha value is -1.59. The number of hydrogen-bond donors (Lipinski definition) is 1. The zero-order valence-electron chi connectivity index (χ0n) is 43.3. The molecule has 1 amide bonds. The molecule has 0 aromatic rings. The van der Waals surface area contributed by atoms with Crippen LogP contribution in [0.5, 0.6) is 0 Å². The molecule has 0 saturated heterocycles. The fraction of sp³-hybridized carbons (Fsp3) is 0.947. The summed E-state index contributed by atoms with van der Waals surface area (Å²) in [5.41, 5.74) is 0. The Bertz CT molecular complexity index is 970. The van der Waals surface area contributed by atoms with E-state index in [1.807, 2.05) is 0 Å². The van der Waals surface area contributed by atoms with Crippen molar-refractivity contribution in [1.82, 2.24) is 5.32 Å². The first-order valence-corrected chi connectivity index (χ1v) is 28.5. The fourth-order valence-corrected chi connectivity index (χ4v) is 9.14. The number of nitrogens with one attached hydrogen (secondary N) is 1. The molecule has 0 spiro atoms. The lowest BCUT2D eigenvalue weighted by molar-refractivity contribution is -0.150. The van der Waals surface area contributed by atoms with E-state index in [-0.39, 0.29) is 30.7 Å². The van der Waals surface area contributed by atoms with E-state index in [4.69, 9.17) is 9.47 Å². The number of ether oxygens (including phenoxy) is 2. The lowest BCUT2D eigenvalue weighted by Crippen LogP contribution is -2.42. The summed E-state index contributed by atoms with van der Waals surface area (Å²) in [6, 6.07) is -0.822. The van der Waals surface area contributed by atoms with Crippen LogP contribution < -0.4 is 5.32 Å². The number of esters is 2. The van der Waals surface area contributed by atoms with Gasteiger partial charge in [-0.1, -0.05) is 266 Å². The maximum atomic E-state index is 13.8. The second-order valence-electron chi connectivity index (χ2n) is 19.9. The molecule has 0 aliphatic carbocycles. The minimum atomic E-state index is -0.822. The van der Waals surface area contributed by atoms with Crippen LogP contribution in [-0.4, -0.2) is 37.1 Å². The van der Waals surface area contributed by atoms with Crippen LogP contribution in [0.2, 0.25) is 0 Å². The Morgan fingerprint density at radius 1 is 0.333 bits per heavy atom. The summed E-state index contributed by atoms with van der Waals surface area (Å²) in [7, 11) is 0. The molecule has 0 aromatic carbocycles. The number of unbranched alkanes of at least 4 members (excludes halogenated alkanes) is 32. The molecular weight excluding hydrogens is 779 g/mol. The maximum Gasteiger partial charge on any atom is 0.328 e. The van der Waals surface area contributed by atoms with Gasteiger partial charge in [0.05, 0.1) is 13.2 Å². The summed E-state index contributed by atoms with van der Waals surface area (Å²) in [6.45, 7) is 12.2. The van der Waals surface area contributed by atoms with Gasteiger partial charge in [-0.3, -0.25) is 9.59 Å². The topological polar surface area (TPSA) is 81.7 Å². The van der Waals surface area contributed by atoms with Gasteiger partial charge in [-0.2, -0.15) is 0 Å². The Kier molecular flexibility index (Phi) is 48.6. The third kappa shape index (κ3) is 44.0. The molecule has 0 aromatic heterocycles. The number of amides is 1. The lowest BCUT2D eigenvalue weighted by atomic mass is 9.94. The van der Waals surface area contributed by atoms with Crippen LogP contribution >= 0.6 is 0 Å². The van der Waals surface area contributed by atoms with Gasteiger partial charge in [-0.05, 0) is 50.4 Å². The zero-order valence-corrected chi connectivity index (χ0v) is 43.3. The molecule has 0 bridgehead atoms. The highest BCUT2D eigenvalue weighted by Crippen LogP contribution is 2.23. The van der Waals surface area contributed by atoms with Gasteiger partial charge in [-0.15, -0.1) is 0 Å². The number of carbonyl (C=O) groups excluding carboxylic acids is 3. The largest absolute Gasteiger partial charge is 0.465 e.